The average molecular weight is 292 g/mol. The zero-order valence-corrected chi connectivity index (χ0v) is 12.3. The molecular weight excluding hydrogens is 272 g/mol. The molecule has 0 saturated carbocycles. The summed E-state index contributed by atoms with van der Waals surface area (Å²) in [6.45, 7) is 1.19. The molecule has 0 bridgehead atoms. The number of hydrogen-bond donors (Lipinski definition) is 2. The van der Waals surface area contributed by atoms with Gasteiger partial charge in [-0.25, -0.2) is 0 Å². The van der Waals surface area contributed by atoms with Crippen LogP contribution in [0, 0.1) is 5.92 Å². The standard InChI is InChI=1S/C15H20N2O2S/c16-14(18)12-6-8-17(9-7-12)15(19)13(20)10-11-4-2-1-3-5-11/h1-5,12-13,20H,6-10H2,(H2,16,18). The van der Waals surface area contributed by atoms with Crippen LogP contribution in [0.15, 0.2) is 30.3 Å². The molecule has 1 atom stereocenters. The number of benzene rings is 1. The number of nitrogens with two attached hydrogens (primary N) is 1. The molecule has 1 aromatic rings. The van der Waals surface area contributed by atoms with Crippen molar-refractivity contribution in [1.29, 1.82) is 0 Å². The molecular formula is C15H20N2O2S. The molecule has 1 heterocycles. The molecule has 108 valence electrons. The van der Waals surface area contributed by atoms with E-state index < -0.39 is 0 Å². The summed E-state index contributed by atoms with van der Waals surface area (Å²) in [5.74, 6) is -0.310. The van der Waals surface area contributed by atoms with Crippen molar-refractivity contribution in [3.63, 3.8) is 0 Å². The summed E-state index contributed by atoms with van der Waals surface area (Å²) in [5.41, 5.74) is 6.40. The summed E-state index contributed by atoms with van der Waals surface area (Å²) in [7, 11) is 0. The predicted molar refractivity (Wildman–Crippen MR) is 81.4 cm³/mol. The maximum atomic E-state index is 12.3. The number of carbonyl (C=O) groups is 2. The van der Waals surface area contributed by atoms with Gasteiger partial charge in [0.05, 0.1) is 5.25 Å². The van der Waals surface area contributed by atoms with Crippen molar-refractivity contribution in [2.24, 2.45) is 11.7 Å². The second kappa shape index (κ2) is 6.79. The third kappa shape index (κ3) is 3.76. The molecule has 1 aromatic carbocycles. The Morgan fingerprint density at radius 2 is 1.85 bits per heavy atom. The molecule has 0 spiro atoms. The van der Waals surface area contributed by atoms with Crippen molar-refractivity contribution >= 4 is 24.4 Å². The molecule has 4 nitrogen and oxygen atoms in total. The normalized spacial score (nSPS) is 17.8. The van der Waals surface area contributed by atoms with Crippen molar-refractivity contribution in [3.05, 3.63) is 35.9 Å². The second-order valence-corrected chi connectivity index (χ2v) is 5.83. The molecule has 1 aliphatic rings. The summed E-state index contributed by atoms with van der Waals surface area (Å²) in [5, 5.41) is -0.331. The van der Waals surface area contributed by atoms with E-state index >= 15 is 0 Å². The van der Waals surface area contributed by atoms with Crippen LogP contribution in [-0.4, -0.2) is 35.1 Å². The fraction of sp³-hybridized carbons (Fsp3) is 0.467. The van der Waals surface area contributed by atoms with Gasteiger partial charge in [0.1, 0.15) is 0 Å². The van der Waals surface area contributed by atoms with E-state index in [1.807, 2.05) is 30.3 Å². The maximum absolute atomic E-state index is 12.3. The third-order valence-corrected chi connectivity index (χ3v) is 4.17. The number of thiol groups is 1. The second-order valence-electron chi connectivity index (χ2n) is 5.21. The van der Waals surface area contributed by atoms with Crippen LogP contribution in [0.2, 0.25) is 0 Å². The highest BCUT2D eigenvalue weighted by molar-refractivity contribution is 7.81. The third-order valence-electron chi connectivity index (χ3n) is 3.77. The van der Waals surface area contributed by atoms with Crippen LogP contribution in [0.4, 0.5) is 0 Å². The van der Waals surface area contributed by atoms with Crippen molar-refractivity contribution in [3.8, 4) is 0 Å². The highest BCUT2D eigenvalue weighted by Crippen LogP contribution is 2.19. The van der Waals surface area contributed by atoms with Crippen LogP contribution in [0.25, 0.3) is 0 Å². The molecule has 0 aromatic heterocycles. The molecule has 0 aliphatic carbocycles. The van der Waals surface area contributed by atoms with E-state index in [2.05, 4.69) is 12.6 Å². The lowest BCUT2D eigenvalue weighted by molar-refractivity contribution is -0.134. The van der Waals surface area contributed by atoms with E-state index in [1.54, 1.807) is 4.90 Å². The monoisotopic (exact) mass is 292 g/mol. The number of piperidine rings is 1. The van der Waals surface area contributed by atoms with E-state index in [4.69, 9.17) is 5.73 Å². The Morgan fingerprint density at radius 3 is 2.40 bits per heavy atom. The lowest BCUT2D eigenvalue weighted by atomic mass is 9.96. The minimum absolute atomic E-state index is 0.0418. The maximum Gasteiger partial charge on any atom is 0.235 e. The van der Waals surface area contributed by atoms with Gasteiger partial charge in [-0.1, -0.05) is 30.3 Å². The number of hydrogen-bond acceptors (Lipinski definition) is 3. The van der Waals surface area contributed by atoms with Gasteiger partial charge in [0.2, 0.25) is 11.8 Å². The highest BCUT2D eigenvalue weighted by Gasteiger charge is 2.28. The smallest absolute Gasteiger partial charge is 0.235 e. The van der Waals surface area contributed by atoms with Gasteiger partial charge >= 0.3 is 0 Å². The molecule has 20 heavy (non-hydrogen) atoms. The lowest BCUT2D eigenvalue weighted by Crippen LogP contribution is -2.45. The van der Waals surface area contributed by atoms with Gasteiger partial charge in [0.25, 0.3) is 0 Å². The number of likely N-dealkylation sites (tertiary alicyclic amines) is 1. The Morgan fingerprint density at radius 1 is 1.25 bits per heavy atom. The number of nitrogens with zero attached hydrogens (tertiary/aromatic N) is 1. The Balaban J connectivity index is 1.87. The van der Waals surface area contributed by atoms with Crippen molar-refractivity contribution in [2.45, 2.75) is 24.5 Å². The van der Waals surface area contributed by atoms with Gasteiger partial charge < -0.3 is 10.6 Å². The van der Waals surface area contributed by atoms with Crippen molar-refractivity contribution < 1.29 is 9.59 Å². The van der Waals surface area contributed by atoms with Gasteiger partial charge in [-0.15, -0.1) is 0 Å². The quantitative estimate of drug-likeness (QED) is 0.820. The van der Waals surface area contributed by atoms with Crippen molar-refractivity contribution in [2.75, 3.05) is 13.1 Å². The highest BCUT2D eigenvalue weighted by atomic mass is 32.1. The van der Waals surface area contributed by atoms with E-state index in [0.29, 0.717) is 32.4 Å². The molecule has 1 fully saturated rings. The van der Waals surface area contributed by atoms with Crippen LogP contribution in [0.3, 0.4) is 0 Å². The van der Waals surface area contributed by atoms with Gasteiger partial charge in [0.15, 0.2) is 0 Å². The Labute approximate surface area is 124 Å². The molecule has 1 saturated heterocycles. The first-order valence-corrected chi connectivity index (χ1v) is 7.39. The molecule has 0 radical (unpaired) electrons. The number of rotatable bonds is 4. The van der Waals surface area contributed by atoms with E-state index in [9.17, 15) is 9.59 Å². The fourth-order valence-electron chi connectivity index (χ4n) is 2.52. The Kier molecular flexibility index (Phi) is 5.06. The molecule has 5 heteroatoms. The topological polar surface area (TPSA) is 63.4 Å². The van der Waals surface area contributed by atoms with Crippen LogP contribution in [0.1, 0.15) is 18.4 Å². The lowest BCUT2D eigenvalue weighted by Gasteiger charge is -2.32. The summed E-state index contributed by atoms with van der Waals surface area (Å²) < 4.78 is 0. The van der Waals surface area contributed by atoms with Gasteiger partial charge in [-0.05, 0) is 24.8 Å². The predicted octanol–water partition coefficient (Wildman–Crippen LogP) is 1.25. The molecule has 1 unspecified atom stereocenters. The van der Waals surface area contributed by atoms with E-state index in [-0.39, 0.29) is 23.0 Å². The first-order chi connectivity index (χ1) is 9.58. The first-order valence-electron chi connectivity index (χ1n) is 6.88. The first kappa shape index (κ1) is 14.9. The van der Waals surface area contributed by atoms with Gasteiger partial charge in [-0.2, -0.15) is 12.6 Å². The van der Waals surface area contributed by atoms with Crippen LogP contribution < -0.4 is 5.73 Å². The Hall–Kier alpha value is -1.49. The van der Waals surface area contributed by atoms with Gasteiger partial charge in [-0.3, -0.25) is 9.59 Å². The zero-order chi connectivity index (χ0) is 14.5. The van der Waals surface area contributed by atoms with Crippen LogP contribution in [0.5, 0.6) is 0 Å². The minimum atomic E-state index is -0.331. The average Bonchev–Trinajstić information content (AvgIpc) is 2.47. The summed E-state index contributed by atoms with van der Waals surface area (Å²) >= 11 is 4.43. The van der Waals surface area contributed by atoms with Crippen LogP contribution >= 0.6 is 12.6 Å². The summed E-state index contributed by atoms with van der Waals surface area (Å²) in [6.07, 6.45) is 1.94. The number of primary amides is 1. The number of carbonyl (C=O) groups excluding carboxylic acids is 2. The largest absolute Gasteiger partial charge is 0.369 e. The number of amides is 2. The SMILES string of the molecule is NC(=O)C1CCN(C(=O)C(S)Cc2ccccc2)CC1. The summed E-state index contributed by atoms with van der Waals surface area (Å²) in [4.78, 5) is 25.2. The molecule has 2 rings (SSSR count). The zero-order valence-electron chi connectivity index (χ0n) is 11.4. The molecule has 2 N–H and O–H groups in total. The minimum Gasteiger partial charge on any atom is -0.369 e. The molecule has 2 amide bonds. The van der Waals surface area contributed by atoms with Crippen LogP contribution in [-0.2, 0) is 16.0 Å². The van der Waals surface area contributed by atoms with Gasteiger partial charge in [0, 0.05) is 19.0 Å². The Bertz CT molecular complexity index is 470. The molecule has 1 aliphatic heterocycles. The van der Waals surface area contributed by atoms with E-state index in [0.717, 1.165) is 5.56 Å². The fourth-order valence-corrected chi connectivity index (χ4v) is 2.89. The summed E-state index contributed by atoms with van der Waals surface area (Å²) in [6, 6.07) is 9.86. The van der Waals surface area contributed by atoms with E-state index in [1.165, 1.54) is 0 Å². The van der Waals surface area contributed by atoms with Crippen molar-refractivity contribution in [1.82, 2.24) is 4.90 Å².